The van der Waals surface area contributed by atoms with Crippen LogP contribution in [0.15, 0.2) is 30.3 Å². The molecule has 0 aliphatic rings. The summed E-state index contributed by atoms with van der Waals surface area (Å²) in [4.78, 5) is 21.9. The number of benzene rings is 1. The van der Waals surface area contributed by atoms with E-state index in [9.17, 15) is 9.59 Å². The first kappa shape index (κ1) is 21.0. The Hall–Kier alpha value is -1.35. The molecule has 0 aliphatic carbocycles. The summed E-state index contributed by atoms with van der Waals surface area (Å²) in [5.41, 5.74) is 0.963. The predicted octanol–water partition coefficient (Wildman–Crippen LogP) is 3.94. The lowest BCUT2D eigenvalue weighted by atomic mass is 10.1. The number of hydrogen-bond acceptors (Lipinski definition) is 2. The monoisotopic (exact) mass is 299 g/mol. The Morgan fingerprint density at radius 2 is 1.60 bits per heavy atom. The highest BCUT2D eigenvalue weighted by Gasteiger charge is 2.17. The number of amides is 1. The molecule has 0 fully saturated rings. The molecule has 4 heteroatoms. The van der Waals surface area contributed by atoms with E-state index in [1.54, 1.807) is 0 Å². The Morgan fingerprint density at radius 1 is 1.15 bits per heavy atom. The van der Waals surface area contributed by atoms with Crippen LogP contribution in [0.1, 0.15) is 46.6 Å². The summed E-state index contributed by atoms with van der Waals surface area (Å²) in [5.74, 6) is -0.259. The minimum Gasteiger partial charge on any atom is -0.345 e. The highest BCUT2D eigenvalue weighted by molar-refractivity contribution is 6.64. The van der Waals surface area contributed by atoms with E-state index in [0.717, 1.165) is 5.56 Å². The Morgan fingerprint density at radius 3 is 1.95 bits per heavy atom. The first-order valence-corrected chi connectivity index (χ1v) is 7.39. The summed E-state index contributed by atoms with van der Waals surface area (Å²) in [7, 11) is 0. The van der Waals surface area contributed by atoms with Crippen molar-refractivity contribution >= 4 is 22.8 Å². The third-order valence-corrected chi connectivity index (χ3v) is 2.20. The lowest BCUT2D eigenvalue weighted by Gasteiger charge is -2.13. The smallest absolute Gasteiger partial charge is 0.244 e. The van der Waals surface area contributed by atoms with Crippen LogP contribution in [0.5, 0.6) is 0 Å². The highest BCUT2D eigenvalue weighted by Crippen LogP contribution is 2.05. The zero-order chi connectivity index (χ0) is 16.0. The molecule has 0 saturated carbocycles. The first-order chi connectivity index (χ1) is 9.51. The number of halogens is 1. The molecule has 114 valence electrons. The van der Waals surface area contributed by atoms with Crippen LogP contribution in [-0.2, 0) is 16.0 Å². The predicted molar refractivity (Wildman–Crippen MR) is 85.9 cm³/mol. The van der Waals surface area contributed by atoms with Gasteiger partial charge in [0, 0.05) is 13.3 Å². The third kappa shape index (κ3) is 11.7. The molecule has 0 aliphatic heterocycles. The van der Waals surface area contributed by atoms with E-state index in [0.29, 0.717) is 6.42 Å². The van der Waals surface area contributed by atoms with Crippen LogP contribution in [0.4, 0.5) is 0 Å². The molecule has 20 heavy (non-hydrogen) atoms. The van der Waals surface area contributed by atoms with Gasteiger partial charge in [0.05, 0.1) is 0 Å². The fourth-order valence-corrected chi connectivity index (χ4v) is 1.41. The molecule has 0 aromatic heterocycles. The van der Waals surface area contributed by atoms with Crippen molar-refractivity contribution in [1.29, 1.82) is 0 Å². The van der Waals surface area contributed by atoms with E-state index in [4.69, 9.17) is 11.6 Å². The maximum atomic E-state index is 11.0. The second kappa shape index (κ2) is 14.1. The largest absolute Gasteiger partial charge is 0.345 e. The van der Waals surface area contributed by atoms with Crippen molar-refractivity contribution in [3.8, 4) is 0 Å². The van der Waals surface area contributed by atoms with Gasteiger partial charge in [-0.2, -0.15) is 0 Å². The molecule has 0 heterocycles. The minimum atomic E-state index is -0.647. The van der Waals surface area contributed by atoms with Gasteiger partial charge in [-0.1, -0.05) is 64.4 Å². The Kier molecular flexibility index (Phi) is 14.7. The van der Waals surface area contributed by atoms with Crippen molar-refractivity contribution in [3.05, 3.63) is 35.9 Å². The second-order valence-electron chi connectivity index (χ2n) is 3.95. The maximum absolute atomic E-state index is 11.0. The van der Waals surface area contributed by atoms with E-state index in [-0.39, 0.29) is 5.91 Å². The molecule has 0 spiro atoms. The van der Waals surface area contributed by atoms with Crippen molar-refractivity contribution in [2.45, 2.75) is 53.5 Å². The lowest BCUT2D eigenvalue weighted by molar-refractivity contribution is -0.123. The van der Waals surface area contributed by atoms with Crippen molar-refractivity contribution in [2.75, 3.05) is 0 Å². The van der Waals surface area contributed by atoms with Gasteiger partial charge in [0.1, 0.15) is 6.04 Å². The zero-order valence-corrected chi connectivity index (χ0v) is 13.8. The number of nitrogens with one attached hydrogen (secondary N) is 1. The molecule has 1 amide bonds. The molecule has 0 bridgehead atoms. The lowest BCUT2D eigenvalue weighted by Crippen LogP contribution is -2.39. The van der Waals surface area contributed by atoms with Crippen molar-refractivity contribution < 1.29 is 9.59 Å². The van der Waals surface area contributed by atoms with Crippen molar-refractivity contribution in [2.24, 2.45) is 0 Å². The molecular weight excluding hydrogens is 274 g/mol. The van der Waals surface area contributed by atoms with Crippen LogP contribution < -0.4 is 5.32 Å². The SMILES string of the molecule is CC.CC(=O)N[C@@H](Cc1ccccc1)C(=O)Cl.CCC. The normalized spacial score (nSPS) is 10.1. The van der Waals surface area contributed by atoms with Crippen LogP contribution in [0.25, 0.3) is 0 Å². The first-order valence-electron chi connectivity index (χ1n) is 7.01. The fourth-order valence-electron chi connectivity index (χ4n) is 1.28. The summed E-state index contributed by atoms with van der Waals surface area (Å²) in [6, 6.07) is 8.76. The standard InChI is InChI=1S/C11H12ClNO2.C3H8.C2H6/c1-8(14)13-10(11(12)15)7-9-5-3-2-4-6-9;1-3-2;1-2/h2-6,10H,7H2,1H3,(H,13,14);3H2,1-2H3;1-2H3/t10-;;/m0../s1. The molecule has 1 N–H and O–H groups in total. The van der Waals surface area contributed by atoms with Gasteiger partial charge in [-0.15, -0.1) is 0 Å². The topological polar surface area (TPSA) is 46.2 Å². The molecule has 1 aromatic carbocycles. The van der Waals surface area contributed by atoms with Crippen LogP contribution >= 0.6 is 11.6 Å². The zero-order valence-electron chi connectivity index (χ0n) is 13.1. The van der Waals surface area contributed by atoms with Gasteiger partial charge < -0.3 is 5.32 Å². The molecule has 1 atom stereocenters. The summed E-state index contributed by atoms with van der Waals surface area (Å²) in [5, 5.41) is 1.96. The fraction of sp³-hybridized carbons (Fsp3) is 0.500. The van der Waals surface area contributed by atoms with E-state index < -0.39 is 11.3 Å². The molecule has 0 unspecified atom stereocenters. The molecule has 0 radical (unpaired) electrons. The average molecular weight is 300 g/mol. The minimum absolute atomic E-state index is 0.259. The van der Waals surface area contributed by atoms with E-state index >= 15 is 0 Å². The van der Waals surface area contributed by atoms with E-state index in [1.165, 1.54) is 13.3 Å². The summed E-state index contributed by atoms with van der Waals surface area (Å²) < 4.78 is 0. The summed E-state index contributed by atoms with van der Waals surface area (Å²) in [6.07, 6.45) is 1.67. The Bertz CT molecular complexity index is 366. The van der Waals surface area contributed by atoms with Crippen molar-refractivity contribution in [3.63, 3.8) is 0 Å². The van der Waals surface area contributed by atoms with Gasteiger partial charge in [-0.25, -0.2) is 0 Å². The van der Waals surface area contributed by atoms with Crippen molar-refractivity contribution in [1.82, 2.24) is 5.32 Å². The molecule has 3 nitrogen and oxygen atoms in total. The van der Waals surface area contributed by atoms with Crippen LogP contribution in [0.2, 0.25) is 0 Å². The number of carbonyl (C=O) groups excluding carboxylic acids is 2. The quantitative estimate of drug-likeness (QED) is 0.856. The summed E-state index contributed by atoms with van der Waals surface area (Å²) in [6.45, 7) is 9.61. The average Bonchev–Trinajstić information content (AvgIpc) is 2.42. The number of hydrogen-bond donors (Lipinski definition) is 1. The van der Waals surface area contributed by atoms with Gasteiger partial charge in [0.2, 0.25) is 11.1 Å². The number of rotatable bonds is 4. The Balaban J connectivity index is 0. The molecular formula is C16H26ClNO2. The van der Waals surface area contributed by atoms with Gasteiger partial charge in [-0.3, -0.25) is 9.59 Å². The van der Waals surface area contributed by atoms with Crippen LogP contribution in [-0.4, -0.2) is 17.2 Å². The van der Waals surface area contributed by atoms with Crippen LogP contribution in [0, 0.1) is 0 Å². The summed E-state index contributed by atoms with van der Waals surface area (Å²) >= 11 is 5.38. The van der Waals surface area contributed by atoms with E-state index in [2.05, 4.69) is 19.2 Å². The third-order valence-electron chi connectivity index (χ3n) is 1.93. The maximum Gasteiger partial charge on any atom is 0.244 e. The molecule has 1 aromatic rings. The van der Waals surface area contributed by atoms with E-state index in [1.807, 2.05) is 44.2 Å². The van der Waals surface area contributed by atoms with Gasteiger partial charge in [0.25, 0.3) is 0 Å². The van der Waals surface area contributed by atoms with Gasteiger partial charge >= 0.3 is 0 Å². The second-order valence-corrected chi connectivity index (χ2v) is 4.33. The number of carbonyl (C=O) groups is 2. The molecule has 1 rings (SSSR count). The highest BCUT2D eigenvalue weighted by atomic mass is 35.5. The van der Waals surface area contributed by atoms with Gasteiger partial charge in [-0.05, 0) is 17.2 Å². The van der Waals surface area contributed by atoms with Crippen LogP contribution in [0.3, 0.4) is 0 Å². The van der Waals surface area contributed by atoms with Gasteiger partial charge in [0.15, 0.2) is 0 Å². The Labute approximate surface area is 127 Å². The molecule has 0 saturated heterocycles.